The first-order chi connectivity index (χ1) is 12.1. The lowest BCUT2D eigenvalue weighted by molar-refractivity contribution is -0.142. The van der Waals surface area contributed by atoms with Gasteiger partial charge in [-0.3, -0.25) is 14.2 Å². The van der Waals surface area contributed by atoms with E-state index in [1.165, 1.54) is 24.3 Å². The minimum absolute atomic E-state index is 0.216. The highest BCUT2D eigenvalue weighted by atomic mass is 19.1. The van der Waals surface area contributed by atoms with Gasteiger partial charge in [-0.2, -0.15) is 0 Å². The summed E-state index contributed by atoms with van der Waals surface area (Å²) >= 11 is 0. The van der Waals surface area contributed by atoms with E-state index >= 15 is 0 Å². The van der Waals surface area contributed by atoms with Crippen LogP contribution in [0.4, 0.5) is 4.39 Å². The third-order valence-corrected chi connectivity index (χ3v) is 4.91. The van der Waals surface area contributed by atoms with Crippen LogP contribution in [0.25, 0.3) is 10.9 Å². The van der Waals surface area contributed by atoms with E-state index in [-0.39, 0.29) is 11.7 Å². The molecule has 3 aromatic rings. The molecule has 4 rings (SSSR count). The van der Waals surface area contributed by atoms with Crippen LogP contribution in [-0.4, -0.2) is 21.6 Å². The number of aliphatic carboxylic acids is 1. The molecule has 2 aromatic carbocycles. The fraction of sp³-hybridized carbons (Fsp3) is 0.200. The molecule has 1 aliphatic rings. The third kappa shape index (κ3) is 2.52. The van der Waals surface area contributed by atoms with Gasteiger partial charge < -0.3 is 5.11 Å². The van der Waals surface area contributed by atoms with Crippen molar-refractivity contribution in [2.45, 2.75) is 19.3 Å². The van der Waals surface area contributed by atoms with Gasteiger partial charge in [0.1, 0.15) is 5.82 Å². The molecule has 0 bridgehead atoms. The predicted molar refractivity (Wildman–Crippen MR) is 91.2 cm³/mol. The van der Waals surface area contributed by atoms with Crippen molar-refractivity contribution in [3.8, 4) is 0 Å². The fourth-order valence-corrected chi connectivity index (χ4v) is 3.67. The first kappa shape index (κ1) is 15.6. The first-order valence-electron chi connectivity index (χ1n) is 8.20. The van der Waals surface area contributed by atoms with Gasteiger partial charge in [0.05, 0.1) is 11.4 Å². The highest BCUT2D eigenvalue weighted by Gasteiger charge is 2.30. The maximum Gasteiger partial charge on any atom is 0.306 e. The van der Waals surface area contributed by atoms with Crippen molar-refractivity contribution in [1.29, 1.82) is 0 Å². The van der Waals surface area contributed by atoms with Crippen LogP contribution >= 0.6 is 0 Å². The van der Waals surface area contributed by atoms with Gasteiger partial charge in [0.25, 0.3) is 5.91 Å². The Balaban J connectivity index is 1.89. The summed E-state index contributed by atoms with van der Waals surface area (Å²) in [4.78, 5) is 24.4. The summed E-state index contributed by atoms with van der Waals surface area (Å²) in [6.07, 6.45) is 1.47. The van der Waals surface area contributed by atoms with Gasteiger partial charge >= 0.3 is 5.97 Å². The average molecular weight is 337 g/mol. The van der Waals surface area contributed by atoms with Gasteiger partial charge in [0, 0.05) is 16.6 Å². The van der Waals surface area contributed by atoms with Gasteiger partial charge in [-0.25, -0.2) is 4.39 Å². The predicted octanol–water partition coefficient (Wildman–Crippen LogP) is 3.66. The van der Waals surface area contributed by atoms with Crippen molar-refractivity contribution in [1.82, 2.24) is 4.57 Å². The second-order valence-corrected chi connectivity index (χ2v) is 6.37. The van der Waals surface area contributed by atoms with E-state index in [0.717, 1.165) is 22.2 Å². The largest absolute Gasteiger partial charge is 0.481 e. The van der Waals surface area contributed by atoms with Crippen LogP contribution in [0.2, 0.25) is 0 Å². The summed E-state index contributed by atoms with van der Waals surface area (Å²) in [5.41, 5.74) is 2.98. The molecular formula is C20H16FNO3. The van der Waals surface area contributed by atoms with Crippen LogP contribution in [0.5, 0.6) is 0 Å². The Bertz CT molecular complexity index is 988. The number of halogens is 1. The molecule has 0 spiro atoms. The summed E-state index contributed by atoms with van der Waals surface area (Å²) in [5, 5.41) is 10.3. The summed E-state index contributed by atoms with van der Waals surface area (Å²) in [6, 6.07) is 13.0. The number of nitrogens with zero attached hydrogens (tertiary/aromatic N) is 1. The van der Waals surface area contributed by atoms with Gasteiger partial charge in [0.2, 0.25) is 0 Å². The number of benzene rings is 2. The number of carbonyl (C=O) groups is 2. The first-order valence-corrected chi connectivity index (χ1v) is 8.20. The highest BCUT2D eigenvalue weighted by Crippen LogP contribution is 2.35. The molecule has 1 heterocycles. The van der Waals surface area contributed by atoms with Gasteiger partial charge in [-0.05, 0) is 55.2 Å². The van der Waals surface area contributed by atoms with Gasteiger partial charge in [-0.1, -0.05) is 18.2 Å². The zero-order valence-corrected chi connectivity index (χ0v) is 13.4. The molecule has 0 fully saturated rings. The van der Waals surface area contributed by atoms with E-state index in [0.29, 0.717) is 24.8 Å². The Kier molecular flexibility index (Phi) is 3.64. The van der Waals surface area contributed by atoms with E-state index < -0.39 is 11.9 Å². The molecule has 1 unspecified atom stereocenters. The van der Waals surface area contributed by atoms with Crippen LogP contribution in [0, 0.1) is 11.7 Å². The molecule has 1 aliphatic carbocycles. The number of para-hydroxylation sites is 1. The topological polar surface area (TPSA) is 59.3 Å². The molecule has 1 atom stereocenters. The minimum atomic E-state index is -0.799. The average Bonchev–Trinajstić information content (AvgIpc) is 2.95. The van der Waals surface area contributed by atoms with Crippen molar-refractivity contribution >= 4 is 22.8 Å². The molecule has 0 saturated heterocycles. The molecular weight excluding hydrogens is 321 g/mol. The summed E-state index contributed by atoms with van der Waals surface area (Å²) in [6.45, 7) is 0. The van der Waals surface area contributed by atoms with Crippen molar-refractivity contribution in [2.24, 2.45) is 5.92 Å². The Morgan fingerprint density at radius 1 is 1.08 bits per heavy atom. The SMILES string of the molecule is O=C(O)C1CCc2c(c3ccccc3n2C(=O)c2ccc(F)cc2)C1. The Hall–Kier alpha value is -2.95. The smallest absolute Gasteiger partial charge is 0.306 e. The number of rotatable bonds is 2. The second-order valence-electron chi connectivity index (χ2n) is 6.37. The number of carboxylic acid groups (broad SMARTS) is 1. The molecule has 0 amide bonds. The van der Waals surface area contributed by atoms with E-state index in [2.05, 4.69) is 0 Å². The second kappa shape index (κ2) is 5.84. The molecule has 1 N–H and O–H groups in total. The number of hydrogen-bond acceptors (Lipinski definition) is 2. The minimum Gasteiger partial charge on any atom is -0.481 e. The number of aromatic nitrogens is 1. The Morgan fingerprint density at radius 2 is 1.80 bits per heavy atom. The lowest BCUT2D eigenvalue weighted by atomic mass is 9.86. The molecule has 4 nitrogen and oxygen atoms in total. The number of carboxylic acids is 1. The maximum atomic E-state index is 13.2. The van der Waals surface area contributed by atoms with Crippen LogP contribution in [0.15, 0.2) is 48.5 Å². The van der Waals surface area contributed by atoms with E-state index in [1.54, 1.807) is 4.57 Å². The number of carbonyl (C=O) groups excluding carboxylic acids is 1. The standard InChI is InChI=1S/C20H16FNO3/c21-14-8-5-12(6-9-14)19(23)22-17-4-2-1-3-15(17)16-11-13(20(24)25)7-10-18(16)22/h1-6,8-9,13H,7,10-11H2,(H,24,25). The highest BCUT2D eigenvalue weighted by molar-refractivity contribution is 6.04. The molecule has 0 radical (unpaired) electrons. The molecule has 126 valence electrons. The van der Waals surface area contributed by atoms with E-state index in [9.17, 15) is 19.1 Å². The summed E-state index contributed by atoms with van der Waals surface area (Å²) < 4.78 is 14.8. The monoisotopic (exact) mass is 337 g/mol. The summed E-state index contributed by atoms with van der Waals surface area (Å²) in [7, 11) is 0. The lowest BCUT2D eigenvalue weighted by Crippen LogP contribution is -2.24. The zero-order valence-electron chi connectivity index (χ0n) is 13.4. The van der Waals surface area contributed by atoms with Gasteiger partial charge in [-0.15, -0.1) is 0 Å². The van der Waals surface area contributed by atoms with Crippen LogP contribution < -0.4 is 0 Å². The van der Waals surface area contributed by atoms with Gasteiger partial charge in [0.15, 0.2) is 0 Å². The number of hydrogen-bond donors (Lipinski definition) is 1. The Labute approximate surface area is 143 Å². The van der Waals surface area contributed by atoms with Crippen molar-refractivity contribution in [3.05, 3.63) is 71.2 Å². The lowest BCUT2D eigenvalue weighted by Gasteiger charge is -2.20. The van der Waals surface area contributed by atoms with Crippen LogP contribution in [0.3, 0.4) is 0 Å². The Morgan fingerprint density at radius 3 is 2.52 bits per heavy atom. The molecule has 1 aromatic heterocycles. The maximum absolute atomic E-state index is 13.2. The van der Waals surface area contributed by atoms with Crippen molar-refractivity contribution in [3.63, 3.8) is 0 Å². The molecule has 25 heavy (non-hydrogen) atoms. The quantitative estimate of drug-likeness (QED) is 0.776. The van der Waals surface area contributed by atoms with E-state index in [1.807, 2.05) is 24.3 Å². The molecule has 0 saturated carbocycles. The number of fused-ring (bicyclic) bond motifs is 3. The van der Waals surface area contributed by atoms with E-state index in [4.69, 9.17) is 0 Å². The van der Waals surface area contributed by atoms with Crippen molar-refractivity contribution in [2.75, 3.05) is 0 Å². The summed E-state index contributed by atoms with van der Waals surface area (Å²) in [5.74, 6) is -1.83. The zero-order chi connectivity index (χ0) is 17.6. The molecule has 5 heteroatoms. The van der Waals surface area contributed by atoms with Crippen LogP contribution in [-0.2, 0) is 17.6 Å². The normalized spacial score (nSPS) is 16.6. The van der Waals surface area contributed by atoms with Crippen molar-refractivity contribution < 1.29 is 19.1 Å². The van der Waals surface area contributed by atoms with Crippen LogP contribution in [0.1, 0.15) is 28.0 Å². The third-order valence-electron chi connectivity index (χ3n) is 4.91. The fourth-order valence-electron chi connectivity index (χ4n) is 3.67. The molecule has 0 aliphatic heterocycles.